The van der Waals surface area contributed by atoms with Gasteiger partial charge in [-0.1, -0.05) is 36.4 Å². The lowest BCUT2D eigenvalue weighted by Crippen LogP contribution is -1.79. The van der Waals surface area contributed by atoms with E-state index in [2.05, 4.69) is 237 Å². The molecule has 0 aliphatic heterocycles. The van der Waals surface area contributed by atoms with Gasteiger partial charge in [-0.05, 0) is 113 Å². The topological polar surface area (TPSA) is 17.1 Å². The van der Waals surface area contributed by atoms with Crippen LogP contribution in [0.3, 0.4) is 0 Å². The smallest absolute Gasteiger partial charge is 0.152 e. The van der Waals surface area contributed by atoms with Crippen LogP contribution in [0.15, 0.2) is 36.4 Å². The van der Waals surface area contributed by atoms with Crippen molar-refractivity contribution in [3.05, 3.63) is 42.0 Å². The maximum Gasteiger partial charge on any atom is 0.152 e. The molecular formula is C52H12O. The molecular weight excluding hydrogens is 641 g/mol. The van der Waals surface area contributed by atoms with Crippen LogP contribution in [-0.2, 0) is 4.79 Å². The van der Waals surface area contributed by atoms with Gasteiger partial charge in [0.25, 0.3) is 0 Å². The number of hydrogen-bond acceptors (Lipinski definition) is 1. The highest BCUT2D eigenvalue weighted by Crippen LogP contribution is 2.00. The van der Waals surface area contributed by atoms with E-state index in [1.807, 2.05) is 36.4 Å². The summed E-state index contributed by atoms with van der Waals surface area (Å²) in [5, 5.41) is 0. The number of ketones is 1. The van der Waals surface area contributed by atoms with Crippen LogP contribution in [-0.4, -0.2) is 5.78 Å². The van der Waals surface area contributed by atoms with Crippen LogP contribution in [0.25, 0.3) is 6.08 Å². The first-order chi connectivity index (χ1) is 26.2. The number of carbonyl (C=O) groups excluding carboxylic acids is 1. The van der Waals surface area contributed by atoms with Crippen molar-refractivity contribution in [2.75, 3.05) is 0 Å². The Kier molecular flexibility index (Phi) is 30.1. The van der Waals surface area contributed by atoms with Crippen molar-refractivity contribution in [2.24, 2.45) is 0 Å². The van der Waals surface area contributed by atoms with E-state index in [1.54, 1.807) is 13.0 Å². The predicted molar refractivity (Wildman–Crippen MR) is 212 cm³/mol. The van der Waals surface area contributed by atoms with E-state index >= 15 is 0 Å². The second-order valence-corrected chi connectivity index (χ2v) is 7.39. The van der Waals surface area contributed by atoms with E-state index in [-0.39, 0.29) is 5.78 Å². The number of allylic oxidation sites excluding steroid dienone is 1. The fraction of sp³-hybridized carbons (Fsp3) is 0.0192. The molecule has 1 nitrogen and oxygen atoms in total. The van der Waals surface area contributed by atoms with Crippen molar-refractivity contribution in [3.63, 3.8) is 0 Å². The highest BCUT2D eigenvalue weighted by molar-refractivity contribution is 5.91. The summed E-state index contributed by atoms with van der Waals surface area (Å²) in [7, 11) is 0. The fourth-order valence-corrected chi connectivity index (χ4v) is 1.97. The molecule has 0 fully saturated rings. The summed E-state index contributed by atoms with van der Waals surface area (Å²) in [5.74, 6) is 98.2. The van der Waals surface area contributed by atoms with Crippen molar-refractivity contribution in [1.29, 1.82) is 0 Å². The van der Waals surface area contributed by atoms with Gasteiger partial charge in [0.1, 0.15) is 0 Å². The standard InChI is InChI=1S/C42H2.C10H10O/c1-3-5-7-9-11-13-15-17-19-21-23-25-27-29-31-33-35-37-39-41-42-40-38-36-34-32-30-28-26-24-22-20-18-16-14-12-10-8-6-4-2;1-9(11)7-8-10-5-3-2-4-6-10/h1-2H;2-8H,1H3/b;8-7+. The van der Waals surface area contributed by atoms with Gasteiger partial charge in [0.15, 0.2) is 5.78 Å². The zero-order valence-electron chi connectivity index (χ0n) is 27.6. The summed E-state index contributed by atoms with van der Waals surface area (Å²) in [6, 6.07) is 9.75. The van der Waals surface area contributed by atoms with Gasteiger partial charge in [-0.2, -0.15) is 0 Å². The zero-order chi connectivity index (χ0) is 38.4. The monoisotopic (exact) mass is 652 g/mol. The average Bonchev–Trinajstić information content (AvgIpc) is 3.17. The summed E-state index contributed by atoms with van der Waals surface area (Å²) in [6.07, 6.45) is 13.2. The summed E-state index contributed by atoms with van der Waals surface area (Å²) in [6.45, 7) is 1.54. The van der Waals surface area contributed by atoms with E-state index in [9.17, 15) is 4.79 Å². The van der Waals surface area contributed by atoms with Crippen LogP contribution >= 0.6 is 0 Å². The van der Waals surface area contributed by atoms with Gasteiger partial charge in [-0.3, -0.25) is 4.79 Å². The predicted octanol–water partition coefficient (Wildman–Crippen LogP) is 2.61. The molecule has 0 amide bonds. The molecule has 226 valence electrons. The maximum atomic E-state index is 10.5. The summed E-state index contributed by atoms with van der Waals surface area (Å²) < 4.78 is 0. The van der Waals surface area contributed by atoms with E-state index in [1.165, 1.54) is 0 Å². The number of rotatable bonds is 2. The van der Waals surface area contributed by atoms with E-state index in [0.29, 0.717) is 0 Å². The van der Waals surface area contributed by atoms with Crippen LogP contribution in [0.2, 0.25) is 0 Å². The third kappa shape index (κ3) is 37.5. The molecule has 0 spiro atoms. The third-order valence-corrected chi connectivity index (χ3v) is 3.77. The van der Waals surface area contributed by atoms with Gasteiger partial charge >= 0.3 is 0 Å². The molecule has 0 unspecified atom stereocenters. The van der Waals surface area contributed by atoms with Crippen molar-refractivity contribution in [3.8, 4) is 250 Å². The average molecular weight is 653 g/mol. The Morgan fingerprint density at radius 3 is 0.717 bits per heavy atom. The highest BCUT2D eigenvalue weighted by Gasteiger charge is 1.84. The van der Waals surface area contributed by atoms with Gasteiger partial charge in [-0.15, -0.1) is 12.8 Å². The first kappa shape index (κ1) is 42.4. The summed E-state index contributed by atoms with van der Waals surface area (Å²) in [4.78, 5) is 10.5. The molecule has 1 rings (SSSR count). The van der Waals surface area contributed by atoms with Gasteiger partial charge in [0, 0.05) is 142 Å². The number of terminal acetylenes is 2. The molecule has 0 aliphatic carbocycles. The van der Waals surface area contributed by atoms with E-state index in [0.717, 1.165) is 5.56 Å². The van der Waals surface area contributed by atoms with E-state index < -0.39 is 0 Å². The minimum atomic E-state index is 0.0776. The van der Waals surface area contributed by atoms with Crippen LogP contribution in [0.4, 0.5) is 0 Å². The largest absolute Gasteiger partial charge is 0.295 e. The van der Waals surface area contributed by atoms with Gasteiger partial charge in [-0.25, -0.2) is 0 Å². The first-order valence-corrected chi connectivity index (χ1v) is 13.9. The molecule has 0 radical (unpaired) electrons. The second kappa shape index (κ2) is 37.6. The minimum absolute atomic E-state index is 0.0776. The van der Waals surface area contributed by atoms with Crippen LogP contribution in [0.1, 0.15) is 12.5 Å². The molecule has 0 N–H and O–H groups in total. The molecule has 0 saturated heterocycles. The van der Waals surface area contributed by atoms with Crippen LogP contribution < -0.4 is 0 Å². The molecule has 1 aromatic rings. The Labute approximate surface area is 314 Å². The highest BCUT2D eigenvalue weighted by atomic mass is 16.1. The Hall–Kier alpha value is -10.6. The fourth-order valence-electron chi connectivity index (χ4n) is 1.97. The molecule has 1 aromatic carbocycles. The minimum Gasteiger partial charge on any atom is -0.295 e. The van der Waals surface area contributed by atoms with Gasteiger partial charge in [0.05, 0.1) is 0 Å². The SMILES string of the molecule is C#CC#CC#CC#CC#CC#CC#CC#CC#CC#CC#CC#CC#CC#CC#CC#CC#CC#CC#CC#CC#C.CC(=O)/C=C/c1ccccc1. The first-order valence-electron chi connectivity index (χ1n) is 13.9. The molecule has 0 saturated carbocycles. The normalized spacial score (nSPS) is 5.19. The lowest BCUT2D eigenvalue weighted by molar-refractivity contribution is -0.112. The van der Waals surface area contributed by atoms with Gasteiger partial charge in [0.2, 0.25) is 0 Å². The maximum absolute atomic E-state index is 10.5. The number of hydrogen-bond donors (Lipinski definition) is 0. The Morgan fingerprint density at radius 1 is 0.358 bits per heavy atom. The molecule has 0 atom stereocenters. The second-order valence-electron chi connectivity index (χ2n) is 7.39. The third-order valence-electron chi connectivity index (χ3n) is 3.77. The Balaban J connectivity index is 0.00000207. The molecule has 0 bridgehead atoms. The molecule has 0 aliphatic rings. The van der Waals surface area contributed by atoms with Crippen molar-refractivity contribution in [1.82, 2.24) is 0 Å². The van der Waals surface area contributed by atoms with E-state index in [4.69, 9.17) is 12.8 Å². The van der Waals surface area contributed by atoms with Crippen LogP contribution in [0.5, 0.6) is 0 Å². The van der Waals surface area contributed by atoms with Crippen molar-refractivity contribution in [2.45, 2.75) is 6.92 Å². The zero-order valence-corrected chi connectivity index (χ0v) is 27.6. The summed E-state index contributed by atoms with van der Waals surface area (Å²) >= 11 is 0. The van der Waals surface area contributed by atoms with Crippen LogP contribution in [0, 0.1) is 250 Å². The quantitative estimate of drug-likeness (QED) is 0.355. The van der Waals surface area contributed by atoms with Crippen molar-refractivity contribution >= 4 is 11.9 Å². The van der Waals surface area contributed by atoms with Crippen molar-refractivity contribution < 1.29 is 4.79 Å². The lowest BCUT2D eigenvalue weighted by atomic mass is 10.2. The molecule has 0 heterocycles. The van der Waals surface area contributed by atoms with Gasteiger partial charge < -0.3 is 0 Å². The molecule has 1 heteroatoms. The number of carbonyl (C=O) groups is 1. The molecule has 0 aromatic heterocycles. The molecule has 53 heavy (non-hydrogen) atoms. The number of benzene rings is 1. The Bertz CT molecular complexity index is 2790. The summed E-state index contributed by atoms with van der Waals surface area (Å²) in [5.41, 5.74) is 1.06. The Morgan fingerprint density at radius 2 is 0.547 bits per heavy atom. The lowest BCUT2D eigenvalue weighted by Gasteiger charge is -1.88.